The van der Waals surface area contributed by atoms with Crippen LogP contribution in [0.2, 0.25) is 0 Å². The average molecular weight is 353 g/mol. The maximum absolute atomic E-state index is 12.8. The zero-order valence-corrected chi connectivity index (χ0v) is 13.5. The Morgan fingerprint density at radius 3 is 2.56 bits per heavy atom. The van der Waals surface area contributed by atoms with Crippen LogP contribution >= 0.6 is 0 Å². The first-order valence-corrected chi connectivity index (χ1v) is 7.90. The lowest BCUT2D eigenvalue weighted by Crippen LogP contribution is -2.45. The van der Waals surface area contributed by atoms with Gasteiger partial charge in [0.15, 0.2) is 0 Å². The summed E-state index contributed by atoms with van der Waals surface area (Å²) in [6.07, 6.45) is -3.09. The summed E-state index contributed by atoms with van der Waals surface area (Å²) in [5.74, 6) is -0.840. The van der Waals surface area contributed by atoms with E-state index in [9.17, 15) is 22.8 Å². The summed E-state index contributed by atoms with van der Waals surface area (Å²) in [5, 5.41) is 11.4. The highest BCUT2D eigenvalue weighted by molar-refractivity contribution is 5.80. The Balaban J connectivity index is 2.06. The predicted octanol–water partition coefficient (Wildman–Crippen LogP) is 2.51. The van der Waals surface area contributed by atoms with Crippen molar-refractivity contribution in [2.24, 2.45) is 0 Å². The van der Waals surface area contributed by atoms with Crippen LogP contribution < -0.4 is 5.32 Å². The predicted molar refractivity (Wildman–Crippen MR) is 83.0 cm³/mol. The minimum atomic E-state index is -4.52. The van der Waals surface area contributed by atoms with Crippen molar-refractivity contribution in [1.82, 2.24) is 10.2 Å². The molecule has 1 saturated heterocycles. The van der Waals surface area contributed by atoms with Gasteiger partial charge in [-0.1, -0.05) is 12.1 Å². The zero-order valence-electron chi connectivity index (χ0n) is 13.5. The van der Waals surface area contributed by atoms with Gasteiger partial charge in [-0.3, -0.25) is 9.59 Å². The van der Waals surface area contributed by atoms with Crippen LogP contribution in [0.5, 0.6) is 0 Å². The summed E-state index contributed by atoms with van der Waals surface area (Å²) < 4.78 is 38.5. The summed E-state index contributed by atoms with van der Waals surface area (Å²) in [7, 11) is 0. The molecule has 1 N–H and O–H groups in total. The molecule has 0 bridgehead atoms. The number of carbonyl (C=O) groups is 2. The van der Waals surface area contributed by atoms with Crippen LogP contribution in [0.25, 0.3) is 0 Å². The van der Waals surface area contributed by atoms with Crippen molar-refractivity contribution < 1.29 is 22.8 Å². The Labute approximate surface area is 143 Å². The quantitative estimate of drug-likeness (QED) is 0.884. The van der Waals surface area contributed by atoms with Gasteiger partial charge in [0.1, 0.15) is 6.54 Å². The second-order valence-corrected chi connectivity index (χ2v) is 6.03. The Kier molecular flexibility index (Phi) is 6.02. The number of benzene rings is 1. The lowest BCUT2D eigenvalue weighted by Gasteiger charge is -2.28. The van der Waals surface area contributed by atoms with E-state index in [1.807, 2.05) is 6.07 Å². The lowest BCUT2D eigenvalue weighted by molar-refractivity contribution is -0.162. The molecule has 1 aromatic rings. The second kappa shape index (κ2) is 8.01. The topological polar surface area (TPSA) is 73.2 Å². The highest BCUT2D eigenvalue weighted by atomic mass is 19.4. The fraction of sp³-hybridized carbons (Fsp3) is 0.471. The van der Waals surface area contributed by atoms with Crippen LogP contribution in [0, 0.1) is 11.3 Å². The molecule has 2 amide bonds. The minimum absolute atomic E-state index is 0.155. The van der Waals surface area contributed by atoms with Gasteiger partial charge in [-0.05, 0) is 30.5 Å². The van der Waals surface area contributed by atoms with Crippen LogP contribution in [0.4, 0.5) is 13.2 Å². The molecule has 1 atom stereocenters. The van der Waals surface area contributed by atoms with Crippen LogP contribution in [-0.4, -0.2) is 35.5 Å². The van der Waals surface area contributed by atoms with Crippen molar-refractivity contribution in [2.45, 2.75) is 44.4 Å². The summed E-state index contributed by atoms with van der Waals surface area (Å²) in [6, 6.07) is 7.54. The van der Waals surface area contributed by atoms with Gasteiger partial charge in [-0.15, -0.1) is 0 Å². The molecule has 1 unspecified atom stereocenters. The molecule has 1 aliphatic rings. The van der Waals surface area contributed by atoms with Crippen LogP contribution in [-0.2, 0) is 16.1 Å². The fourth-order valence-electron chi connectivity index (χ4n) is 2.73. The van der Waals surface area contributed by atoms with Gasteiger partial charge >= 0.3 is 6.18 Å². The van der Waals surface area contributed by atoms with Crippen molar-refractivity contribution >= 4 is 11.8 Å². The molecule has 1 fully saturated rings. The number of carbonyl (C=O) groups excluding carboxylic acids is 2. The molecule has 1 aliphatic heterocycles. The SMILES string of the molecule is N#Cc1ccc(CN(CC(F)(F)F)C(=O)CC2CCCC(=O)N2)cc1. The molecule has 0 saturated carbocycles. The number of nitriles is 1. The molecule has 25 heavy (non-hydrogen) atoms. The molecule has 134 valence electrons. The molecular formula is C17H18F3N3O2. The van der Waals surface area contributed by atoms with E-state index in [2.05, 4.69) is 5.32 Å². The van der Waals surface area contributed by atoms with E-state index in [0.717, 1.165) is 4.90 Å². The molecule has 0 aromatic heterocycles. The van der Waals surface area contributed by atoms with E-state index in [1.165, 1.54) is 24.3 Å². The first kappa shape index (κ1) is 18.8. The molecule has 5 nitrogen and oxygen atoms in total. The normalized spacial score (nSPS) is 17.5. The van der Waals surface area contributed by atoms with Gasteiger partial charge in [0, 0.05) is 25.4 Å². The van der Waals surface area contributed by atoms with Crippen LogP contribution in [0.1, 0.15) is 36.8 Å². The third-order valence-electron chi connectivity index (χ3n) is 3.92. The van der Waals surface area contributed by atoms with Gasteiger partial charge in [-0.2, -0.15) is 18.4 Å². The molecule has 1 heterocycles. The molecule has 0 aliphatic carbocycles. The Hall–Kier alpha value is -2.56. The van der Waals surface area contributed by atoms with Gasteiger partial charge in [-0.25, -0.2) is 0 Å². The van der Waals surface area contributed by atoms with Crippen molar-refractivity contribution in [3.63, 3.8) is 0 Å². The van der Waals surface area contributed by atoms with Crippen molar-refractivity contribution in [3.05, 3.63) is 35.4 Å². The second-order valence-electron chi connectivity index (χ2n) is 6.03. The van der Waals surface area contributed by atoms with Gasteiger partial charge in [0.05, 0.1) is 11.6 Å². The summed E-state index contributed by atoms with van der Waals surface area (Å²) in [6.45, 7) is -1.56. The third-order valence-corrected chi connectivity index (χ3v) is 3.92. The zero-order chi connectivity index (χ0) is 18.4. The van der Waals surface area contributed by atoms with Crippen molar-refractivity contribution in [2.75, 3.05) is 6.54 Å². The summed E-state index contributed by atoms with van der Waals surface area (Å²) in [4.78, 5) is 24.4. The molecule has 0 spiro atoms. The minimum Gasteiger partial charge on any atom is -0.353 e. The highest BCUT2D eigenvalue weighted by Crippen LogP contribution is 2.20. The number of amides is 2. The van der Waals surface area contributed by atoms with E-state index < -0.39 is 24.7 Å². The number of piperidine rings is 1. The van der Waals surface area contributed by atoms with Gasteiger partial charge < -0.3 is 10.2 Å². The van der Waals surface area contributed by atoms with E-state index in [0.29, 0.717) is 30.4 Å². The molecule has 1 aromatic carbocycles. The van der Waals surface area contributed by atoms with Crippen LogP contribution in [0.15, 0.2) is 24.3 Å². The number of alkyl halides is 3. The van der Waals surface area contributed by atoms with Gasteiger partial charge in [0.25, 0.3) is 0 Å². The largest absolute Gasteiger partial charge is 0.406 e. The van der Waals surface area contributed by atoms with E-state index in [1.54, 1.807) is 0 Å². The third kappa shape index (κ3) is 6.10. The smallest absolute Gasteiger partial charge is 0.353 e. The number of nitrogens with one attached hydrogen (secondary N) is 1. The summed E-state index contributed by atoms with van der Waals surface area (Å²) in [5.41, 5.74) is 0.895. The highest BCUT2D eigenvalue weighted by Gasteiger charge is 2.34. The molecule has 2 rings (SSSR count). The van der Waals surface area contributed by atoms with E-state index >= 15 is 0 Å². The van der Waals surface area contributed by atoms with Crippen molar-refractivity contribution in [1.29, 1.82) is 5.26 Å². The monoisotopic (exact) mass is 353 g/mol. The number of nitrogens with zero attached hydrogens (tertiary/aromatic N) is 2. The fourth-order valence-corrected chi connectivity index (χ4v) is 2.73. The van der Waals surface area contributed by atoms with Crippen molar-refractivity contribution in [3.8, 4) is 6.07 Å². The number of halogens is 3. The number of hydrogen-bond donors (Lipinski definition) is 1. The number of hydrogen-bond acceptors (Lipinski definition) is 3. The maximum atomic E-state index is 12.8. The maximum Gasteiger partial charge on any atom is 0.406 e. The van der Waals surface area contributed by atoms with Crippen LogP contribution in [0.3, 0.4) is 0 Å². The standard InChI is InChI=1S/C17H18F3N3O2/c18-17(19,20)11-23(10-13-6-4-12(9-21)5-7-13)16(25)8-14-2-1-3-15(24)22-14/h4-7,14H,1-3,8,10-11H2,(H,22,24). The molecule has 0 radical (unpaired) electrons. The van der Waals surface area contributed by atoms with E-state index in [-0.39, 0.29) is 18.9 Å². The first-order valence-electron chi connectivity index (χ1n) is 7.90. The average Bonchev–Trinajstić information content (AvgIpc) is 2.53. The molecule has 8 heteroatoms. The van der Waals surface area contributed by atoms with Gasteiger partial charge in [0.2, 0.25) is 11.8 Å². The molecular weight excluding hydrogens is 335 g/mol. The summed E-state index contributed by atoms with van der Waals surface area (Å²) >= 11 is 0. The Bertz CT molecular complexity index is 665. The first-order chi connectivity index (χ1) is 11.8. The Morgan fingerprint density at radius 2 is 2.00 bits per heavy atom. The number of rotatable bonds is 5. The lowest BCUT2D eigenvalue weighted by atomic mass is 10.0. The van der Waals surface area contributed by atoms with E-state index in [4.69, 9.17) is 5.26 Å². The Morgan fingerprint density at radius 1 is 1.32 bits per heavy atom.